The number of nitrogens with one attached hydrogen (secondary N) is 3. The second kappa shape index (κ2) is 23.5. The molecule has 0 aromatic heterocycles. The highest BCUT2D eigenvalue weighted by atomic mass is 16.5. The largest absolute Gasteiger partial charge is 0.493 e. The lowest BCUT2D eigenvalue weighted by Crippen LogP contribution is -2.69. The van der Waals surface area contributed by atoms with Gasteiger partial charge in [0.25, 0.3) is 0 Å². The van der Waals surface area contributed by atoms with Crippen LogP contribution in [0.3, 0.4) is 0 Å². The van der Waals surface area contributed by atoms with E-state index in [1.54, 1.807) is 6.07 Å². The van der Waals surface area contributed by atoms with Crippen molar-refractivity contribution in [3.05, 3.63) is 101 Å². The molecule has 0 bridgehead atoms. The molecule has 1 heterocycles. The van der Waals surface area contributed by atoms with Crippen LogP contribution in [0.1, 0.15) is 114 Å². The number of fused-ring (bicyclic) bond motifs is 1. The van der Waals surface area contributed by atoms with Crippen LogP contribution in [0.5, 0.6) is 5.75 Å². The summed E-state index contributed by atoms with van der Waals surface area (Å²) in [6, 6.07) is 22.2. The number of esters is 1. The molecule has 13 nitrogen and oxygen atoms in total. The summed E-state index contributed by atoms with van der Waals surface area (Å²) in [4.78, 5) is 71.7. The molecule has 1 aliphatic heterocycles. The number of hydrogen-bond acceptors (Lipinski definition) is 10. The Hall–Kier alpha value is -5.11. The molecule has 0 spiro atoms. The SMILES string of the molecule is CC(=O)N(C(=O)[C@@H](N)Cc1ccccc1)[C@](CC(C)C)(C(=O)N[C@@H](CC1CCCCC1)[C@@H](O)CC(=O)NCC(C)C)C1COc2ccc(CNCC(=O)OCc3ccccc3)cc21. The minimum absolute atomic E-state index is 0.0311. The molecule has 342 valence electrons. The van der Waals surface area contributed by atoms with Gasteiger partial charge >= 0.3 is 5.97 Å². The fourth-order valence-electron chi connectivity index (χ4n) is 9.10. The predicted octanol–water partition coefficient (Wildman–Crippen LogP) is 5.70. The number of imide groups is 1. The van der Waals surface area contributed by atoms with E-state index in [1.807, 2.05) is 100 Å². The quantitative estimate of drug-likeness (QED) is 0.0784. The van der Waals surface area contributed by atoms with E-state index in [2.05, 4.69) is 16.0 Å². The molecule has 1 unspecified atom stereocenters. The van der Waals surface area contributed by atoms with Gasteiger partial charge in [-0.05, 0) is 59.8 Å². The zero-order valence-electron chi connectivity index (χ0n) is 37.8. The lowest BCUT2D eigenvalue weighted by Gasteiger charge is -2.47. The van der Waals surface area contributed by atoms with Gasteiger partial charge in [-0.1, -0.05) is 133 Å². The number of hydrogen-bond donors (Lipinski definition) is 5. The van der Waals surface area contributed by atoms with Crippen molar-refractivity contribution in [1.29, 1.82) is 0 Å². The molecule has 3 aromatic carbocycles. The van der Waals surface area contributed by atoms with Crippen molar-refractivity contribution in [2.45, 2.75) is 135 Å². The van der Waals surface area contributed by atoms with Gasteiger partial charge in [-0.15, -0.1) is 0 Å². The summed E-state index contributed by atoms with van der Waals surface area (Å²) < 4.78 is 11.7. The van der Waals surface area contributed by atoms with Crippen LogP contribution < -0.4 is 26.4 Å². The van der Waals surface area contributed by atoms with Crippen LogP contribution in [0.25, 0.3) is 0 Å². The van der Waals surface area contributed by atoms with Gasteiger partial charge in [0.05, 0.1) is 43.7 Å². The van der Waals surface area contributed by atoms with Gasteiger partial charge in [0.1, 0.15) is 17.9 Å². The number of aliphatic hydroxyl groups excluding tert-OH is 1. The molecule has 3 aromatic rings. The van der Waals surface area contributed by atoms with Crippen molar-refractivity contribution >= 4 is 29.6 Å². The monoisotopic (exact) mass is 868 g/mol. The second-order valence-electron chi connectivity index (χ2n) is 18.3. The summed E-state index contributed by atoms with van der Waals surface area (Å²) in [5.41, 5.74) is 7.89. The van der Waals surface area contributed by atoms with Gasteiger partial charge < -0.3 is 36.3 Å². The minimum Gasteiger partial charge on any atom is -0.493 e. The lowest BCUT2D eigenvalue weighted by molar-refractivity contribution is -0.162. The third kappa shape index (κ3) is 13.7. The number of benzene rings is 3. The van der Waals surface area contributed by atoms with Crippen LogP contribution >= 0.6 is 0 Å². The molecule has 0 saturated heterocycles. The Balaban J connectivity index is 1.52. The van der Waals surface area contributed by atoms with E-state index < -0.39 is 53.3 Å². The molecule has 1 fully saturated rings. The number of nitrogens with zero attached hydrogens (tertiary/aromatic N) is 1. The summed E-state index contributed by atoms with van der Waals surface area (Å²) in [7, 11) is 0. The van der Waals surface area contributed by atoms with Crippen molar-refractivity contribution in [2.75, 3.05) is 19.7 Å². The average Bonchev–Trinajstić information content (AvgIpc) is 3.69. The smallest absolute Gasteiger partial charge is 0.320 e. The third-order valence-corrected chi connectivity index (χ3v) is 12.1. The van der Waals surface area contributed by atoms with E-state index in [1.165, 1.54) is 6.92 Å². The van der Waals surface area contributed by atoms with Gasteiger partial charge in [0.2, 0.25) is 23.6 Å². The Morgan fingerprint density at radius 3 is 2.19 bits per heavy atom. The molecule has 5 atom stereocenters. The molecule has 1 aliphatic carbocycles. The zero-order chi connectivity index (χ0) is 45.5. The standard InChI is InChI=1S/C50H69N5O8/c1-33(2)27-50(55(35(5)56)48(60)42(51)24-36-15-9-6-10-16-36,49(61)54-43(25-37-17-11-7-12-18-37)44(57)26-46(58)53-28-34(3)4)41-32-62-45-22-21-39(23-40(41)45)29-52-30-47(59)63-31-38-19-13-8-14-20-38/h6,8-10,13-16,19-23,33-34,37,41-44,52,57H,7,11-12,17-18,24-32,51H2,1-5H3,(H,53,58)(H,54,61)/t41?,42-,43-,44-,50-/m0/s1. The van der Waals surface area contributed by atoms with Gasteiger partial charge in [0.15, 0.2) is 0 Å². The van der Waals surface area contributed by atoms with Crippen molar-refractivity contribution in [1.82, 2.24) is 20.9 Å². The molecule has 4 amide bonds. The topological polar surface area (TPSA) is 189 Å². The molecule has 2 aliphatic rings. The molecule has 0 radical (unpaired) electrons. The van der Waals surface area contributed by atoms with E-state index in [0.717, 1.165) is 53.7 Å². The maximum atomic E-state index is 15.8. The Morgan fingerprint density at radius 2 is 1.56 bits per heavy atom. The Labute approximate surface area is 373 Å². The molecule has 6 N–H and O–H groups in total. The number of aliphatic hydroxyl groups is 1. The second-order valence-corrected chi connectivity index (χ2v) is 18.3. The Bertz CT molecular complexity index is 1970. The van der Waals surface area contributed by atoms with Crippen LogP contribution in [0.4, 0.5) is 0 Å². The molecular formula is C50H69N5O8. The van der Waals surface area contributed by atoms with Crippen molar-refractivity contribution in [2.24, 2.45) is 23.5 Å². The number of ether oxygens (including phenoxy) is 2. The van der Waals surface area contributed by atoms with E-state index in [9.17, 15) is 24.3 Å². The highest BCUT2D eigenvalue weighted by Crippen LogP contribution is 2.47. The van der Waals surface area contributed by atoms with Crippen LogP contribution in [-0.4, -0.2) is 83.0 Å². The van der Waals surface area contributed by atoms with Gasteiger partial charge in [-0.25, -0.2) is 0 Å². The normalized spacial score (nSPS) is 17.4. The van der Waals surface area contributed by atoms with Crippen LogP contribution in [0, 0.1) is 17.8 Å². The number of amides is 4. The number of carbonyl (C=O) groups excluding carboxylic acids is 5. The highest BCUT2D eigenvalue weighted by Gasteiger charge is 2.58. The first-order valence-electron chi connectivity index (χ1n) is 22.7. The average molecular weight is 868 g/mol. The molecule has 1 saturated carbocycles. The summed E-state index contributed by atoms with van der Waals surface area (Å²) in [6.45, 7) is 9.89. The Kier molecular flexibility index (Phi) is 18.3. The first-order valence-corrected chi connectivity index (χ1v) is 22.7. The summed E-state index contributed by atoms with van der Waals surface area (Å²) in [6.07, 6.45) is 4.14. The predicted molar refractivity (Wildman–Crippen MR) is 242 cm³/mol. The highest BCUT2D eigenvalue weighted by molar-refractivity contribution is 6.04. The van der Waals surface area contributed by atoms with E-state index >= 15 is 4.79 Å². The summed E-state index contributed by atoms with van der Waals surface area (Å²) in [5.74, 6) is -2.92. The van der Waals surface area contributed by atoms with Gasteiger partial charge in [-0.3, -0.25) is 28.9 Å². The number of nitrogens with two attached hydrogens (primary N) is 1. The van der Waals surface area contributed by atoms with Gasteiger partial charge in [0, 0.05) is 25.6 Å². The maximum Gasteiger partial charge on any atom is 0.320 e. The van der Waals surface area contributed by atoms with Gasteiger partial charge in [-0.2, -0.15) is 0 Å². The van der Waals surface area contributed by atoms with Crippen molar-refractivity contribution in [3.8, 4) is 5.75 Å². The van der Waals surface area contributed by atoms with E-state index in [-0.39, 0.29) is 69.2 Å². The first-order chi connectivity index (χ1) is 30.2. The molecule has 63 heavy (non-hydrogen) atoms. The summed E-state index contributed by atoms with van der Waals surface area (Å²) >= 11 is 0. The van der Waals surface area contributed by atoms with E-state index in [0.29, 0.717) is 24.3 Å². The molecule has 5 rings (SSSR count). The van der Waals surface area contributed by atoms with Crippen molar-refractivity contribution in [3.63, 3.8) is 0 Å². The Morgan fingerprint density at radius 1 is 0.889 bits per heavy atom. The lowest BCUT2D eigenvalue weighted by atomic mass is 9.72. The number of carbonyl (C=O) groups is 5. The van der Waals surface area contributed by atoms with Crippen LogP contribution in [0.2, 0.25) is 0 Å². The fourth-order valence-corrected chi connectivity index (χ4v) is 9.10. The van der Waals surface area contributed by atoms with Crippen molar-refractivity contribution < 1.29 is 38.6 Å². The molecule has 13 heteroatoms. The first kappa shape index (κ1) is 48.9. The zero-order valence-corrected chi connectivity index (χ0v) is 37.8. The minimum atomic E-state index is -1.88. The van der Waals surface area contributed by atoms with E-state index in [4.69, 9.17) is 15.2 Å². The number of rotatable bonds is 22. The fraction of sp³-hybridized carbons (Fsp3) is 0.540. The maximum absolute atomic E-state index is 15.8. The van der Waals surface area contributed by atoms with Crippen LogP contribution in [-0.2, 0) is 48.3 Å². The third-order valence-electron chi connectivity index (χ3n) is 12.1. The molecular weight excluding hydrogens is 799 g/mol. The van der Waals surface area contributed by atoms with Crippen LogP contribution in [0.15, 0.2) is 78.9 Å². The summed E-state index contributed by atoms with van der Waals surface area (Å²) in [5, 5.41) is 21.1.